The first-order valence-electron chi connectivity index (χ1n) is 4.78. The number of nitrogens with one attached hydrogen (secondary N) is 1. The van der Waals surface area contributed by atoms with Crippen molar-refractivity contribution in [3.8, 4) is 0 Å². The van der Waals surface area contributed by atoms with E-state index in [0.717, 1.165) is 0 Å². The van der Waals surface area contributed by atoms with Gasteiger partial charge in [-0.2, -0.15) is 0 Å². The number of hydrogen-bond donors (Lipinski definition) is 2. The Bertz CT molecular complexity index is 247. The summed E-state index contributed by atoms with van der Waals surface area (Å²) in [6.45, 7) is 0.612. The van der Waals surface area contributed by atoms with Crippen LogP contribution >= 0.6 is 0 Å². The molecule has 2 N–H and O–H groups in total. The summed E-state index contributed by atoms with van der Waals surface area (Å²) in [5.74, 6) is -1.04. The van der Waals surface area contributed by atoms with Crippen molar-refractivity contribution in [1.82, 2.24) is 10.2 Å². The summed E-state index contributed by atoms with van der Waals surface area (Å²) in [4.78, 5) is 12.2. The first-order valence-corrected chi connectivity index (χ1v) is 4.78. The van der Waals surface area contributed by atoms with Crippen LogP contribution in [0.15, 0.2) is 0 Å². The standard InChI is InChI=1S/C8H13F3N2O3/c9-8(10,11)16-4-3-13-2-1-12-5-6(13)7(14)15/h6,12H,1-5H2,(H,14,15). The van der Waals surface area contributed by atoms with Gasteiger partial charge in [0.2, 0.25) is 0 Å². The zero-order chi connectivity index (χ0) is 12.2. The number of nitrogens with zero attached hydrogens (tertiary/aromatic N) is 1. The van der Waals surface area contributed by atoms with Gasteiger partial charge in [0.15, 0.2) is 0 Å². The fraction of sp³-hybridized carbons (Fsp3) is 0.875. The van der Waals surface area contributed by atoms with Gasteiger partial charge in [0, 0.05) is 26.2 Å². The van der Waals surface area contributed by atoms with Crippen LogP contribution in [0.1, 0.15) is 0 Å². The molecule has 94 valence electrons. The lowest BCUT2D eigenvalue weighted by Crippen LogP contribution is -2.55. The van der Waals surface area contributed by atoms with Crippen LogP contribution < -0.4 is 5.32 Å². The molecule has 0 aromatic heterocycles. The lowest BCUT2D eigenvalue weighted by molar-refractivity contribution is -0.325. The molecule has 0 saturated carbocycles. The first-order chi connectivity index (χ1) is 7.40. The summed E-state index contributed by atoms with van der Waals surface area (Å²) in [6.07, 6.45) is -4.66. The van der Waals surface area contributed by atoms with Gasteiger partial charge >= 0.3 is 12.3 Å². The smallest absolute Gasteiger partial charge is 0.480 e. The van der Waals surface area contributed by atoms with Crippen molar-refractivity contribution in [1.29, 1.82) is 0 Å². The summed E-state index contributed by atoms with van der Waals surface area (Å²) >= 11 is 0. The minimum Gasteiger partial charge on any atom is -0.480 e. The lowest BCUT2D eigenvalue weighted by Gasteiger charge is -2.33. The normalized spacial score (nSPS) is 23.3. The number of alkyl halides is 3. The second kappa shape index (κ2) is 5.46. The molecule has 1 unspecified atom stereocenters. The number of aliphatic carboxylic acids is 1. The maximum Gasteiger partial charge on any atom is 0.522 e. The van der Waals surface area contributed by atoms with Crippen molar-refractivity contribution in [3.63, 3.8) is 0 Å². The quantitative estimate of drug-likeness (QED) is 0.719. The molecule has 1 aliphatic rings. The molecule has 16 heavy (non-hydrogen) atoms. The Balaban J connectivity index is 2.36. The van der Waals surface area contributed by atoms with Crippen LogP contribution in [0, 0.1) is 0 Å². The minimum atomic E-state index is -4.66. The summed E-state index contributed by atoms with van der Waals surface area (Å²) in [5.41, 5.74) is 0. The number of hydrogen-bond acceptors (Lipinski definition) is 4. The Kier molecular flexibility index (Phi) is 4.51. The van der Waals surface area contributed by atoms with E-state index >= 15 is 0 Å². The van der Waals surface area contributed by atoms with Gasteiger partial charge in [0.1, 0.15) is 6.04 Å². The zero-order valence-corrected chi connectivity index (χ0v) is 8.46. The number of piperazine rings is 1. The fourth-order valence-electron chi connectivity index (χ4n) is 1.54. The molecule has 0 aliphatic carbocycles. The average molecular weight is 242 g/mol. The van der Waals surface area contributed by atoms with Gasteiger partial charge in [-0.05, 0) is 0 Å². The monoisotopic (exact) mass is 242 g/mol. The van der Waals surface area contributed by atoms with Crippen LogP contribution in [0.4, 0.5) is 13.2 Å². The Morgan fingerprint density at radius 1 is 1.56 bits per heavy atom. The number of carboxylic acid groups (broad SMARTS) is 1. The molecule has 1 saturated heterocycles. The van der Waals surface area contributed by atoms with Gasteiger partial charge in [-0.1, -0.05) is 0 Å². The molecule has 0 aromatic rings. The molecule has 0 spiro atoms. The van der Waals surface area contributed by atoms with Crippen LogP contribution in [-0.4, -0.2) is 61.2 Å². The van der Waals surface area contributed by atoms with E-state index in [9.17, 15) is 18.0 Å². The van der Waals surface area contributed by atoms with Gasteiger partial charge in [-0.25, -0.2) is 0 Å². The van der Waals surface area contributed by atoms with E-state index in [1.165, 1.54) is 4.90 Å². The topological polar surface area (TPSA) is 61.8 Å². The van der Waals surface area contributed by atoms with E-state index in [1.54, 1.807) is 0 Å². The Morgan fingerprint density at radius 2 is 2.25 bits per heavy atom. The summed E-state index contributed by atoms with van der Waals surface area (Å²) in [5, 5.41) is 11.7. The molecule has 1 atom stereocenters. The number of rotatable bonds is 4. The van der Waals surface area contributed by atoms with Crippen molar-refractivity contribution in [2.75, 3.05) is 32.8 Å². The van der Waals surface area contributed by atoms with Crippen molar-refractivity contribution in [2.24, 2.45) is 0 Å². The third-order valence-electron chi connectivity index (χ3n) is 2.28. The van der Waals surface area contributed by atoms with Crippen molar-refractivity contribution in [3.05, 3.63) is 0 Å². The molecule has 0 aromatic carbocycles. The predicted molar refractivity (Wildman–Crippen MR) is 47.9 cm³/mol. The van der Waals surface area contributed by atoms with Gasteiger partial charge in [-0.3, -0.25) is 14.4 Å². The van der Waals surface area contributed by atoms with E-state index in [2.05, 4.69) is 10.1 Å². The zero-order valence-electron chi connectivity index (χ0n) is 8.46. The number of ether oxygens (including phenoxy) is 1. The molecular formula is C8H13F3N2O3. The minimum absolute atomic E-state index is 0.0435. The Hall–Kier alpha value is -0.860. The number of halogens is 3. The predicted octanol–water partition coefficient (Wildman–Crippen LogP) is -0.119. The van der Waals surface area contributed by atoms with Crippen molar-refractivity contribution < 1.29 is 27.8 Å². The van der Waals surface area contributed by atoms with Gasteiger partial charge < -0.3 is 10.4 Å². The van der Waals surface area contributed by atoms with E-state index < -0.39 is 25.0 Å². The van der Waals surface area contributed by atoms with E-state index in [1.807, 2.05) is 0 Å². The molecule has 0 amide bonds. The molecule has 1 aliphatic heterocycles. The summed E-state index contributed by atoms with van der Waals surface area (Å²) in [7, 11) is 0. The number of carbonyl (C=O) groups is 1. The molecule has 8 heteroatoms. The highest BCUT2D eigenvalue weighted by Crippen LogP contribution is 2.16. The van der Waals surface area contributed by atoms with Crippen molar-refractivity contribution >= 4 is 5.97 Å². The van der Waals surface area contributed by atoms with Crippen LogP contribution in [0.3, 0.4) is 0 Å². The van der Waals surface area contributed by atoms with Crippen molar-refractivity contribution in [2.45, 2.75) is 12.4 Å². The Morgan fingerprint density at radius 3 is 2.81 bits per heavy atom. The molecule has 1 rings (SSSR count). The van der Waals surface area contributed by atoms with Gasteiger partial charge in [0.25, 0.3) is 0 Å². The molecule has 0 bridgehead atoms. The van der Waals surface area contributed by atoms with Crippen LogP contribution in [0.5, 0.6) is 0 Å². The first kappa shape index (κ1) is 13.2. The van der Waals surface area contributed by atoms with E-state index in [4.69, 9.17) is 5.11 Å². The third kappa shape index (κ3) is 4.33. The maximum absolute atomic E-state index is 11.7. The highest BCUT2D eigenvalue weighted by Gasteiger charge is 2.31. The van der Waals surface area contributed by atoms with E-state index in [0.29, 0.717) is 13.1 Å². The van der Waals surface area contributed by atoms with Crippen LogP contribution in [0.2, 0.25) is 0 Å². The largest absolute Gasteiger partial charge is 0.522 e. The molecule has 0 radical (unpaired) electrons. The van der Waals surface area contributed by atoms with E-state index in [-0.39, 0.29) is 13.1 Å². The highest BCUT2D eigenvalue weighted by atomic mass is 19.4. The van der Waals surface area contributed by atoms with Crippen LogP contribution in [-0.2, 0) is 9.53 Å². The molecule has 1 heterocycles. The highest BCUT2D eigenvalue weighted by molar-refractivity contribution is 5.73. The Labute approximate surface area is 90.2 Å². The number of carboxylic acids is 1. The second-order valence-electron chi connectivity index (χ2n) is 3.39. The SMILES string of the molecule is O=C(O)C1CNCCN1CCOC(F)(F)F. The molecular weight excluding hydrogens is 229 g/mol. The van der Waals surface area contributed by atoms with Gasteiger partial charge in [0.05, 0.1) is 6.61 Å². The van der Waals surface area contributed by atoms with Gasteiger partial charge in [-0.15, -0.1) is 13.2 Å². The third-order valence-corrected chi connectivity index (χ3v) is 2.28. The average Bonchev–Trinajstić information content (AvgIpc) is 2.16. The van der Waals surface area contributed by atoms with Crippen LogP contribution in [0.25, 0.3) is 0 Å². The summed E-state index contributed by atoms with van der Waals surface area (Å²) in [6, 6.07) is -0.786. The second-order valence-corrected chi connectivity index (χ2v) is 3.39. The summed E-state index contributed by atoms with van der Waals surface area (Å²) < 4.78 is 38.7. The lowest BCUT2D eigenvalue weighted by atomic mass is 10.2. The fourth-order valence-corrected chi connectivity index (χ4v) is 1.54. The molecule has 1 fully saturated rings. The maximum atomic E-state index is 11.7. The molecule has 5 nitrogen and oxygen atoms in total.